The predicted octanol–water partition coefficient (Wildman–Crippen LogP) is 4.15. The third kappa shape index (κ3) is 4.90. The minimum Gasteiger partial charge on any atom is -0.492 e. The summed E-state index contributed by atoms with van der Waals surface area (Å²) in [6.07, 6.45) is 4.13. The first-order valence-electron chi connectivity index (χ1n) is 12.2. The van der Waals surface area contributed by atoms with E-state index in [9.17, 15) is 13.2 Å². The third-order valence-electron chi connectivity index (χ3n) is 6.28. The molecule has 0 fully saturated rings. The van der Waals surface area contributed by atoms with Crippen molar-refractivity contribution >= 4 is 32.8 Å². The molecule has 1 aliphatic heterocycles. The molecule has 1 aromatic carbocycles. The molecule has 10 heteroatoms. The Morgan fingerprint density at radius 1 is 1.11 bits per heavy atom. The van der Waals surface area contributed by atoms with Crippen LogP contribution < -0.4 is 10.1 Å². The van der Waals surface area contributed by atoms with Crippen LogP contribution in [0.1, 0.15) is 61.9 Å². The van der Waals surface area contributed by atoms with E-state index in [2.05, 4.69) is 14.9 Å². The van der Waals surface area contributed by atoms with Gasteiger partial charge < -0.3 is 14.6 Å². The molecule has 188 valence electrons. The number of hydrogen-bond acceptors (Lipinski definition) is 6. The van der Waals surface area contributed by atoms with Gasteiger partial charge in [-0.25, -0.2) is 18.4 Å². The van der Waals surface area contributed by atoms with E-state index in [0.29, 0.717) is 42.2 Å². The zero-order valence-corrected chi connectivity index (χ0v) is 21.6. The summed E-state index contributed by atoms with van der Waals surface area (Å²) in [4.78, 5) is 23.1. The minimum atomic E-state index is -3.70. The molecule has 3 heterocycles. The number of amides is 1. The monoisotopic (exact) mass is 499 g/mol. The third-order valence-corrected chi connectivity index (χ3v) is 8.33. The molecule has 0 spiro atoms. The molecule has 3 aromatic rings. The van der Waals surface area contributed by atoms with E-state index in [1.165, 1.54) is 16.4 Å². The van der Waals surface area contributed by atoms with Gasteiger partial charge in [-0.2, -0.15) is 4.31 Å². The summed E-state index contributed by atoms with van der Waals surface area (Å²) in [5, 5.41) is 2.89. The second kappa shape index (κ2) is 10.3. The van der Waals surface area contributed by atoms with Crippen molar-refractivity contribution in [2.75, 3.05) is 25.0 Å². The van der Waals surface area contributed by atoms with Crippen molar-refractivity contribution in [3.8, 4) is 5.75 Å². The number of nitrogens with one attached hydrogen (secondary N) is 1. The van der Waals surface area contributed by atoms with Gasteiger partial charge in [0, 0.05) is 31.7 Å². The Morgan fingerprint density at radius 2 is 1.89 bits per heavy atom. The average molecular weight is 500 g/mol. The molecule has 1 amide bonds. The normalized spacial score (nSPS) is 14.1. The van der Waals surface area contributed by atoms with E-state index in [4.69, 9.17) is 9.72 Å². The van der Waals surface area contributed by atoms with E-state index in [1.807, 2.05) is 13.8 Å². The van der Waals surface area contributed by atoms with E-state index >= 15 is 0 Å². The fraction of sp³-hybridized carbons (Fsp3) is 0.480. The Hall–Kier alpha value is -2.98. The summed E-state index contributed by atoms with van der Waals surface area (Å²) in [7, 11) is -3.70. The molecule has 0 bridgehead atoms. The summed E-state index contributed by atoms with van der Waals surface area (Å²) in [6.45, 7) is 9.19. The number of ether oxygens (including phenoxy) is 1. The fourth-order valence-electron chi connectivity index (χ4n) is 4.54. The van der Waals surface area contributed by atoms with Gasteiger partial charge in [-0.05, 0) is 51.0 Å². The molecule has 1 N–H and O–H groups in total. The van der Waals surface area contributed by atoms with Gasteiger partial charge in [-0.15, -0.1) is 0 Å². The molecular formula is C25H33N5O4S. The number of aryl methyl sites for hydroxylation is 3. The number of anilines is 1. The SMILES string of the molecule is CCOc1ccc(S(=O)(=O)N(CC)CC)cc1NC(=O)c1cc(C)nc2c1nc1n2CCCCC1. The van der Waals surface area contributed by atoms with Crippen LogP contribution in [0, 0.1) is 6.92 Å². The second-order valence-electron chi connectivity index (χ2n) is 8.61. The Labute approximate surface area is 206 Å². The average Bonchev–Trinajstić information content (AvgIpc) is 3.00. The molecule has 0 saturated heterocycles. The predicted molar refractivity (Wildman–Crippen MR) is 135 cm³/mol. The van der Waals surface area contributed by atoms with Crippen molar-refractivity contribution in [3.63, 3.8) is 0 Å². The lowest BCUT2D eigenvalue weighted by Crippen LogP contribution is -2.30. The molecule has 1 aliphatic rings. The number of aromatic nitrogens is 3. The van der Waals surface area contributed by atoms with Crippen LogP contribution in [0.25, 0.3) is 11.2 Å². The van der Waals surface area contributed by atoms with Gasteiger partial charge in [0.1, 0.15) is 17.1 Å². The maximum Gasteiger partial charge on any atom is 0.258 e. The molecule has 0 atom stereocenters. The number of rotatable bonds is 8. The standard InChI is InChI=1S/C25H33N5O4S/c1-5-29(6-2)35(32,33)18-12-13-21(34-7-3)20(16-18)27-25(31)19-15-17(4)26-24-23(19)28-22-11-9-8-10-14-30(22)24/h12-13,15-16H,5-11,14H2,1-4H3,(H,27,31). The number of carbonyl (C=O) groups excluding carboxylic acids is 1. The van der Waals surface area contributed by atoms with Gasteiger partial charge in [0.25, 0.3) is 5.91 Å². The number of nitrogens with zero attached hydrogens (tertiary/aromatic N) is 4. The number of sulfonamides is 1. The van der Waals surface area contributed by atoms with Crippen LogP contribution in [-0.2, 0) is 23.0 Å². The number of imidazole rings is 1. The molecule has 0 unspecified atom stereocenters. The van der Waals surface area contributed by atoms with Gasteiger partial charge in [-0.1, -0.05) is 20.3 Å². The first-order chi connectivity index (χ1) is 16.8. The van der Waals surface area contributed by atoms with E-state index in [1.54, 1.807) is 26.0 Å². The smallest absolute Gasteiger partial charge is 0.258 e. The summed E-state index contributed by atoms with van der Waals surface area (Å²) in [6, 6.07) is 6.28. The van der Waals surface area contributed by atoms with Crippen molar-refractivity contribution in [1.82, 2.24) is 18.8 Å². The second-order valence-corrected chi connectivity index (χ2v) is 10.5. The molecule has 2 aromatic heterocycles. The number of benzene rings is 1. The Morgan fingerprint density at radius 3 is 2.60 bits per heavy atom. The van der Waals surface area contributed by atoms with Crippen LogP contribution in [0.4, 0.5) is 5.69 Å². The van der Waals surface area contributed by atoms with Crippen molar-refractivity contribution in [2.24, 2.45) is 0 Å². The maximum absolute atomic E-state index is 13.5. The summed E-state index contributed by atoms with van der Waals surface area (Å²) < 4.78 is 35.4. The van der Waals surface area contributed by atoms with Crippen molar-refractivity contribution < 1.29 is 17.9 Å². The number of hydrogen-bond donors (Lipinski definition) is 1. The maximum atomic E-state index is 13.5. The molecule has 4 rings (SSSR count). The molecule has 35 heavy (non-hydrogen) atoms. The largest absolute Gasteiger partial charge is 0.492 e. The van der Waals surface area contributed by atoms with Crippen LogP contribution in [0.5, 0.6) is 5.75 Å². The zero-order valence-electron chi connectivity index (χ0n) is 20.8. The quantitative estimate of drug-likeness (QED) is 0.499. The zero-order chi connectivity index (χ0) is 25.2. The van der Waals surface area contributed by atoms with Crippen LogP contribution in [0.15, 0.2) is 29.2 Å². The highest BCUT2D eigenvalue weighted by atomic mass is 32.2. The molecule has 9 nitrogen and oxygen atoms in total. The topological polar surface area (TPSA) is 106 Å². The Bertz CT molecular complexity index is 1350. The number of pyridine rings is 1. The van der Waals surface area contributed by atoms with Gasteiger partial charge in [0.05, 0.1) is 22.8 Å². The minimum absolute atomic E-state index is 0.102. The summed E-state index contributed by atoms with van der Waals surface area (Å²) in [5.74, 6) is 0.973. The molecule has 0 aliphatic carbocycles. The van der Waals surface area contributed by atoms with Crippen LogP contribution in [-0.4, -0.2) is 52.9 Å². The number of carbonyl (C=O) groups is 1. The van der Waals surface area contributed by atoms with E-state index in [-0.39, 0.29) is 10.8 Å². The Kier molecular flexibility index (Phi) is 7.42. The van der Waals surface area contributed by atoms with E-state index < -0.39 is 10.0 Å². The highest BCUT2D eigenvalue weighted by molar-refractivity contribution is 7.89. The first-order valence-corrected chi connectivity index (χ1v) is 13.7. The van der Waals surface area contributed by atoms with Crippen LogP contribution >= 0.6 is 0 Å². The van der Waals surface area contributed by atoms with Gasteiger partial charge in [-0.3, -0.25) is 4.79 Å². The fourth-order valence-corrected chi connectivity index (χ4v) is 6.02. The lowest BCUT2D eigenvalue weighted by molar-refractivity contribution is 0.102. The highest BCUT2D eigenvalue weighted by Crippen LogP contribution is 2.31. The lowest BCUT2D eigenvalue weighted by Gasteiger charge is -2.20. The number of fused-ring (bicyclic) bond motifs is 3. The van der Waals surface area contributed by atoms with Crippen molar-refractivity contribution in [2.45, 2.75) is 64.8 Å². The van der Waals surface area contributed by atoms with Crippen molar-refractivity contribution in [1.29, 1.82) is 0 Å². The molecular weight excluding hydrogens is 466 g/mol. The Balaban J connectivity index is 1.75. The summed E-state index contributed by atoms with van der Waals surface area (Å²) >= 11 is 0. The summed E-state index contributed by atoms with van der Waals surface area (Å²) in [5.41, 5.74) is 2.71. The van der Waals surface area contributed by atoms with Crippen LogP contribution in [0.2, 0.25) is 0 Å². The van der Waals surface area contributed by atoms with Crippen LogP contribution in [0.3, 0.4) is 0 Å². The van der Waals surface area contributed by atoms with Gasteiger partial charge >= 0.3 is 0 Å². The van der Waals surface area contributed by atoms with Crippen molar-refractivity contribution in [3.05, 3.63) is 41.3 Å². The van der Waals surface area contributed by atoms with Gasteiger partial charge in [0.2, 0.25) is 10.0 Å². The highest BCUT2D eigenvalue weighted by Gasteiger charge is 2.25. The molecule has 0 radical (unpaired) electrons. The lowest BCUT2D eigenvalue weighted by atomic mass is 10.1. The molecule has 0 saturated carbocycles. The first kappa shape index (κ1) is 25.1. The van der Waals surface area contributed by atoms with E-state index in [0.717, 1.165) is 49.4 Å². The van der Waals surface area contributed by atoms with Gasteiger partial charge in [0.15, 0.2) is 5.65 Å².